The molecule has 0 amide bonds. The van der Waals surface area contributed by atoms with Crippen LogP contribution in [-0.2, 0) is 5.54 Å². The number of fused-ring (bicyclic) bond motifs is 1. The lowest BCUT2D eigenvalue weighted by molar-refractivity contribution is 0.355. The topological polar surface area (TPSA) is 22.8 Å². The van der Waals surface area contributed by atoms with Gasteiger partial charge in [0.25, 0.3) is 0 Å². The van der Waals surface area contributed by atoms with Gasteiger partial charge in [0, 0.05) is 27.1 Å². The summed E-state index contributed by atoms with van der Waals surface area (Å²) in [5.74, 6) is -0.411. The van der Waals surface area contributed by atoms with Crippen LogP contribution in [0, 0.1) is 12.7 Å². The Labute approximate surface area is 173 Å². The van der Waals surface area contributed by atoms with E-state index in [1.54, 1.807) is 24.0 Å². The second kappa shape index (κ2) is 6.98. The highest BCUT2D eigenvalue weighted by Gasteiger charge is 2.23. The number of rotatable bonds is 3. The number of halogens is 2. The van der Waals surface area contributed by atoms with Crippen LogP contribution in [0.4, 0.5) is 4.39 Å². The molecule has 0 N–H and O–H groups in total. The van der Waals surface area contributed by atoms with Crippen molar-refractivity contribution in [3.63, 3.8) is 0 Å². The van der Waals surface area contributed by atoms with E-state index in [4.69, 9.17) is 11.6 Å². The van der Waals surface area contributed by atoms with Gasteiger partial charge in [-0.1, -0.05) is 41.6 Å². The molecule has 0 saturated carbocycles. The fourth-order valence-corrected chi connectivity index (χ4v) is 4.45. The summed E-state index contributed by atoms with van der Waals surface area (Å²) in [6.45, 7) is 8.25. The largest absolute Gasteiger partial charge is 0.307 e. The molecule has 0 atom stereocenters. The molecule has 4 rings (SSSR count). The van der Waals surface area contributed by atoms with Gasteiger partial charge in [0.1, 0.15) is 0 Å². The molecule has 0 bridgehead atoms. The molecule has 28 heavy (non-hydrogen) atoms. The van der Waals surface area contributed by atoms with Crippen LogP contribution >= 0.6 is 23.4 Å². The SMILES string of the molecule is Cc1c(Sc2ccccc2)c2ccc(Cl)c(F)c2n1-c1cnn(C(C)(C)C)c1. The summed E-state index contributed by atoms with van der Waals surface area (Å²) < 4.78 is 18.9. The maximum absolute atomic E-state index is 15.1. The lowest BCUT2D eigenvalue weighted by atomic mass is 10.1. The van der Waals surface area contributed by atoms with Crippen LogP contribution in [-0.4, -0.2) is 14.3 Å². The standard InChI is InChI=1S/C22H21ClFN3S/c1-14-21(28-16-8-6-5-7-9-16)17-10-11-18(23)19(24)20(17)27(14)15-12-25-26(13-15)22(2,3)4/h5-13H,1-4H3. The first-order valence-electron chi connectivity index (χ1n) is 9.05. The lowest BCUT2D eigenvalue weighted by Crippen LogP contribution is -2.21. The molecule has 0 unspecified atom stereocenters. The molecule has 0 spiro atoms. The maximum Gasteiger partial charge on any atom is 0.166 e. The molecule has 144 valence electrons. The summed E-state index contributed by atoms with van der Waals surface area (Å²) >= 11 is 7.76. The summed E-state index contributed by atoms with van der Waals surface area (Å²) in [5, 5.41) is 5.45. The zero-order valence-electron chi connectivity index (χ0n) is 16.2. The Morgan fingerprint density at radius 1 is 1.07 bits per heavy atom. The number of benzene rings is 2. The Kier molecular flexibility index (Phi) is 4.76. The molecular weight excluding hydrogens is 393 g/mol. The Morgan fingerprint density at radius 2 is 1.79 bits per heavy atom. The summed E-state index contributed by atoms with van der Waals surface area (Å²) in [6.07, 6.45) is 3.72. The highest BCUT2D eigenvalue weighted by atomic mass is 35.5. The van der Waals surface area contributed by atoms with Gasteiger partial charge in [0.15, 0.2) is 5.82 Å². The van der Waals surface area contributed by atoms with E-state index in [2.05, 4.69) is 38.0 Å². The number of nitrogens with zero attached hydrogens (tertiary/aromatic N) is 3. The Balaban J connectivity index is 1.97. The lowest BCUT2D eigenvalue weighted by Gasteiger charge is -2.18. The first kappa shape index (κ1) is 19.1. The van der Waals surface area contributed by atoms with Gasteiger partial charge in [-0.3, -0.25) is 4.68 Å². The Bertz CT molecular complexity index is 1160. The summed E-state index contributed by atoms with van der Waals surface area (Å²) in [7, 11) is 0. The molecular formula is C22H21ClFN3S. The van der Waals surface area contributed by atoms with Crippen molar-refractivity contribution in [2.24, 2.45) is 0 Å². The van der Waals surface area contributed by atoms with Crippen molar-refractivity contribution in [1.29, 1.82) is 0 Å². The molecule has 0 saturated heterocycles. The molecule has 2 aromatic heterocycles. The Morgan fingerprint density at radius 3 is 2.43 bits per heavy atom. The molecule has 2 heterocycles. The second-order valence-corrected chi connectivity index (χ2v) is 9.23. The van der Waals surface area contributed by atoms with Crippen molar-refractivity contribution in [1.82, 2.24) is 14.3 Å². The molecule has 4 aromatic rings. The van der Waals surface area contributed by atoms with Crippen LogP contribution in [0.1, 0.15) is 26.5 Å². The normalized spacial score (nSPS) is 12.1. The quantitative estimate of drug-likeness (QED) is 0.367. The van der Waals surface area contributed by atoms with E-state index in [0.29, 0.717) is 5.52 Å². The molecule has 0 fully saturated rings. The van der Waals surface area contributed by atoms with Gasteiger partial charge in [0.2, 0.25) is 0 Å². The van der Waals surface area contributed by atoms with Gasteiger partial charge in [0.05, 0.1) is 28.0 Å². The van der Waals surface area contributed by atoms with E-state index in [9.17, 15) is 0 Å². The van der Waals surface area contributed by atoms with Crippen molar-refractivity contribution in [3.8, 4) is 5.69 Å². The number of aromatic nitrogens is 3. The van der Waals surface area contributed by atoms with Crippen LogP contribution in [0.25, 0.3) is 16.6 Å². The predicted molar refractivity (Wildman–Crippen MR) is 114 cm³/mol. The van der Waals surface area contributed by atoms with E-state index in [1.807, 2.05) is 46.6 Å². The summed E-state index contributed by atoms with van der Waals surface area (Å²) in [4.78, 5) is 2.12. The molecule has 0 radical (unpaired) electrons. The van der Waals surface area contributed by atoms with Gasteiger partial charge in [-0.15, -0.1) is 0 Å². The second-order valence-electron chi connectivity index (χ2n) is 7.74. The number of hydrogen-bond donors (Lipinski definition) is 0. The zero-order valence-corrected chi connectivity index (χ0v) is 17.8. The van der Waals surface area contributed by atoms with Crippen LogP contribution in [0.15, 0.2) is 64.6 Å². The molecule has 0 aliphatic carbocycles. The molecule has 3 nitrogen and oxygen atoms in total. The molecule has 2 aromatic carbocycles. The van der Waals surface area contributed by atoms with E-state index in [1.165, 1.54) is 0 Å². The van der Waals surface area contributed by atoms with Gasteiger partial charge in [-0.25, -0.2) is 4.39 Å². The minimum Gasteiger partial charge on any atom is -0.307 e. The molecule has 0 aliphatic rings. The van der Waals surface area contributed by atoms with E-state index in [0.717, 1.165) is 26.6 Å². The first-order chi connectivity index (χ1) is 13.3. The minimum absolute atomic E-state index is 0.116. The van der Waals surface area contributed by atoms with E-state index < -0.39 is 5.82 Å². The van der Waals surface area contributed by atoms with Crippen molar-refractivity contribution in [2.45, 2.75) is 43.0 Å². The minimum atomic E-state index is -0.411. The van der Waals surface area contributed by atoms with Gasteiger partial charge < -0.3 is 4.57 Å². The Hall–Kier alpha value is -2.24. The highest BCUT2D eigenvalue weighted by molar-refractivity contribution is 7.99. The van der Waals surface area contributed by atoms with Gasteiger partial charge in [-0.2, -0.15) is 5.10 Å². The molecule has 6 heteroatoms. The van der Waals surface area contributed by atoms with Crippen molar-refractivity contribution >= 4 is 34.3 Å². The first-order valence-corrected chi connectivity index (χ1v) is 10.2. The zero-order chi connectivity index (χ0) is 20.1. The average molecular weight is 414 g/mol. The van der Waals surface area contributed by atoms with Crippen LogP contribution < -0.4 is 0 Å². The average Bonchev–Trinajstić information content (AvgIpc) is 3.24. The third-order valence-electron chi connectivity index (χ3n) is 4.68. The van der Waals surface area contributed by atoms with Crippen molar-refractivity contribution in [2.75, 3.05) is 0 Å². The van der Waals surface area contributed by atoms with Crippen LogP contribution in [0.2, 0.25) is 5.02 Å². The van der Waals surface area contributed by atoms with Crippen LogP contribution in [0.3, 0.4) is 0 Å². The van der Waals surface area contributed by atoms with Crippen molar-refractivity contribution < 1.29 is 4.39 Å². The van der Waals surface area contributed by atoms with Gasteiger partial charge >= 0.3 is 0 Å². The summed E-state index contributed by atoms with van der Waals surface area (Å²) in [6, 6.07) is 13.6. The third kappa shape index (κ3) is 3.23. The smallest absolute Gasteiger partial charge is 0.166 e. The predicted octanol–water partition coefficient (Wildman–Crippen LogP) is 6.83. The third-order valence-corrected chi connectivity index (χ3v) is 6.20. The highest BCUT2D eigenvalue weighted by Crippen LogP contribution is 2.41. The van der Waals surface area contributed by atoms with Crippen LogP contribution in [0.5, 0.6) is 0 Å². The fourth-order valence-electron chi connectivity index (χ4n) is 3.26. The van der Waals surface area contributed by atoms with Crippen molar-refractivity contribution in [3.05, 3.63) is 71.4 Å². The van der Waals surface area contributed by atoms with E-state index in [-0.39, 0.29) is 10.6 Å². The monoisotopic (exact) mass is 413 g/mol. The number of hydrogen-bond acceptors (Lipinski definition) is 2. The maximum atomic E-state index is 15.1. The van der Waals surface area contributed by atoms with E-state index >= 15 is 4.39 Å². The summed E-state index contributed by atoms with van der Waals surface area (Å²) in [5.41, 5.74) is 2.10. The molecule has 0 aliphatic heterocycles. The fraction of sp³-hybridized carbons (Fsp3) is 0.227. The van der Waals surface area contributed by atoms with Gasteiger partial charge in [-0.05, 0) is 52.0 Å².